The van der Waals surface area contributed by atoms with E-state index in [4.69, 9.17) is 5.73 Å². The quantitative estimate of drug-likeness (QED) is 0.861. The Bertz CT molecular complexity index is 497. The van der Waals surface area contributed by atoms with Gasteiger partial charge in [0.05, 0.1) is 0 Å². The van der Waals surface area contributed by atoms with Crippen molar-refractivity contribution in [3.8, 4) is 11.4 Å². The van der Waals surface area contributed by atoms with Crippen molar-refractivity contribution in [3.63, 3.8) is 0 Å². The van der Waals surface area contributed by atoms with Crippen molar-refractivity contribution < 1.29 is 0 Å². The summed E-state index contributed by atoms with van der Waals surface area (Å²) in [4.78, 5) is 8.34. The van der Waals surface area contributed by atoms with E-state index in [1.54, 1.807) is 12.3 Å². The van der Waals surface area contributed by atoms with E-state index in [1.807, 2.05) is 25.1 Å². The minimum atomic E-state index is 0.487. The zero-order valence-corrected chi connectivity index (χ0v) is 9.82. The minimum Gasteiger partial charge on any atom is -0.384 e. The van der Waals surface area contributed by atoms with Crippen molar-refractivity contribution in [2.45, 2.75) is 6.92 Å². The number of hydrogen-bond acceptors (Lipinski definition) is 3. The van der Waals surface area contributed by atoms with Crippen LogP contribution in [0.15, 0.2) is 34.9 Å². The van der Waals surface area contributed by atoms with Crippen LogP contribution in [-0.4, -0.2) is 9.97 Å². The van der Waals surface area contributed by atoms with Crippen LogP contribution in [0.3, 0.4) is 0 Å². The second-order valence-corrected chi connectivity index (χ2v) is 4.12. The Kier molecular flexibility index (Phi) is 2.68. The molecular weight excluding hydrogens is 254 g/mol. The van der Waals surface area contributed by atoms with Crippen LogP contribution in [0.1, 0.15) is 5.56 Å². The van der Waals surface area contributed by atoms with E-state index in [1.165, 1.54) is 0 Å². The molecule has 0 bridgehead atoms. The van der Waals surface area contributed by atoms with Gasteiger partial charge in [-0.2, -0.15) is 0 Å². The first-order valence-electron chi connectivity index (χ1n) is 4.52. The van der Waals surface area contributed by atoms with E-state index in [0.717, 1.165) is 15.6 Å². The first-order chi connectivity index (χ1) is 7.16. The first kappa shape index (κ1) is 10.1. The van der Waals surface area contributed by atoms with Crippen LogP contribution in [0.25, 0.3) is 11.4 Å². The largest absolute Gasteiger partial charge is 0.384 e. The fraction of sp³-hybridized carbons (Fsp3) is 0.0909. The summed E-state index contributed by atoms with van der Waals surface area (Å²) in [6, 6.07) is 7.65. The number of rotatable bonds is 1. The number of nitrogens with two attached hydrogens (primary N) is 1. The van der Waals surface area contributed by atoms with Gasteiger partial charge in [-0.15, -0.1) is 0 Å². The maximum Gasteiger partial charge on any atom is 0.161 e. The molecule has 76 valence electrons. The van der Waals surface area contributed by atoms with Gasteiger partial charge in [-0.1, -0.05) is 22.0 Å². The molecule has 2 aromatic rings. The number of aromatic nitrogens is 2. The number of anilines is 1. The average Bonchev–Trinajstić information content (AvgIpc) is 2.22. The Morgan fingerprint density at radius 1 is 1.27 bits per heavy atom. The first-order valence-corrected chi connectivity index (χ1v) is 5.31. The second-order valence-electron chi connectivity index (χ2n) is 3.27. The third-order valence-corrected chi connectivity index (χ3v) is 2.98. The minimum absolute atomic E-state index is 0.487. The molecule has 1 aromatic carbocycles. The van der Waals surface area contributed by atoms with Gasteiger partial charge in [0, 0.05) is 16.2 Å². The lowest BCUT2D eigenvalue weighted by Gasteiger charge is -2.03. The van der Waals surface area contributed by atoms with E-state index < -0.39 is 0 Å². The normalized spacial score (nSPS) is 10.3. The van der Waals surface area contributed by atoms with Crippen molar-refractivity contribution in [1.82, 2.24) is 9.97 Å². The van der Waals surface area contributed by atoms with E-state index in [2.05, 4.69) is 25.9 Å². The van der Waals surface area contributed by atoms with Crippen LogP contribution in [0.2, 0.25) is 0 Å². The highest BCUT2D eigenvalue weighted by molar-refractivity contribution is 9.10. The summed E-state index contributed by atoms with van der Waals surface area (Å²) < 4.78 is 1.08. The smallest absolute Gasteiger partial charge is 0.161 e. The molecule has 0 amide bonds. The molecule has 1 aromatic heterocycles. The van der Waals surface area contributed by atoms with E-state index in [-0.39, 0.29) is 0 Å². The molecule has 15 heavy (non-hydrogen) atoms. The molecule has 3 nitrogen and oxygen atoms in total. The van der Waals surface area contributed by atoms with E-state index in [9.17, 15) is 0 Å². The van der Waals surface area contributed by atoms with Crippen molar-refractivity contribution in [1.29, 1.82) is 0 Å². The maximum absolute atomic E-state index is 5.60. The zero-order chi connectivity index (χ0) is 10.8. The number of aryl methyl sites for hydroxylation is 1. The highest BCUT2D eigenvalue weighted by Gasteiger charge is 2.03. The number of halogens is 1. The van der Waals surface area contributed by atoms with Gasteiger partial charge >= 0.3 is 0 Å². The molecule has 0 fully saturated rings. The summed E-state index contributed by atoms with van der Waals surface area (Å²) >= 11 is 3.45. The summed E-state index contributed by atoms with van der Waals surface area (Å²) in [5.74, 6) is 1.14. The molecule has 0 unspecified atom stereocenters. The van der Waals surface area contributed by atoms with Crippen molar-refractivity contribution in [2.75, 3.05) is 5.73 Å². The molecule has 0 saturated carbocycles. The van der Waals surface area contributed by atoms with Gasteiger partial charge < -0.3 is 5.73 Å². The Labute approximate surface area is 96.5 Å². The number of nitrogens with zero attached hydrogens (tertiary/aromatic N) is 2. The standard InChI is InChI=1S/C11H10BrN3/c1-7-6-8(2-3-9(7)12)11-14-5-4-10(13)15-11/h2-6H,1H3,(H2,13,14,15). The number of benzene rings is 1. The van der Waals surface area contributed by atoms with Crippen LogP contribution in [0, 0.1) is 6.92 Å². The van der Waals surface area contributed by atoms with Crippen LogP contribution < -0.4 is 5.73 Å². The van der Waals surface area contributed by atoms with Gasteiger partial charge in [-0.3, -0.25) is 0 Å². The fourth-order valence-electron chi connectivity index (χ4n) is 1.30. The van der Waals surface area contributed by atoms with Crippen molar-refractivity contribution in [2.24, 2.45) is 0 Å². The predicted octanol–water partition coefficient (Wildman–Crippen LogP) is 2.80. The summed E-state index contributed by atoms with van der Waals surface area (Å²) in [5, 5.41) is 0. The van der Waals surface area contributed by atoms with Crippen LogP contribution in [0.5, 0.6) is 0 Å². The molecule has 4 heteroatoms. The SMILES string of the molecule is Cc1cc(-c2nccc(N)n2)ccc1Br. The topological polar surface area (TPSA) is 51.8 Å². The summed E-state index contributed by atoms with van der Waals surface area (Å²) in [6.07, 6.45) is 1.66. The summed E-state index contributed by atoms with van der Waals surface area (Å²) in [7, 11) is 0. The van der Waals surface area contributed by atoms with E-state index >= 15 is 0 Å². The molecule has 2 N–H and O–H groups in total. The lowest BCUT2D eigenvalue weighted by Crippen LogP contribution is -1.94. The number of hydrogen-bond donors (Lipinski definition) is 1. The zero-order valence-electron chi connectivity index (χ0n) is 8.24. The molecule has 0 spiro atoms. The van der Waals surface area contributed by atoms with Crippen LogP contribution >= 0.6 is 15.9 Å². The van der Waals surface area contributed by atoms with E-state index in [0.29, 0.717) is 11.6 Å². The highest BCUT2D eigenvalue weighted by Crippen LogP contribution is 2.22. The van der Waals surface area contributed by atoms with Gasteiger partial charge in [0.25, 0.3) is 0 Å². The molecular formula is C11H10BrN3. The van der Waals surface area contributed by atoms with Gasteiger partial charge in [0.2, 0.25) is 0 Å². The number of nitrogen functional groups attached to an aromatic ring is 1. The fourth-order valence-corrected chi connectivity index (χ4v) is 1.54. The summed E-state index contributed by atoms with van der Waals surface area (Å²) in [5.41, 5.74) is 7.73. The average molecular weight is 264 g/mol. The molecule has 0 saturated heterocycles. The van der Waals surface area contributed by atoms with Crippen LogP contribution in [-0.2, 0) is 0 Å². The monoisotopic (exact) mass is 263 g/mol. The molecule has 0 aliphatic rings. The lowest BCUT2D eigenvalue weighted by molar-refractivity contribution is 1.18. The van der Waals surface area contributed by atoms with Gasteiger partial charge in [-0.05, 0) is 30.7 Å². The molecule has 0 radical (unpaired) electrons. The van der Waals surface area contributed by atoms with Gasteiger partial charge in [0.15, 0.2) is 5.82 Å². The molecule has 0 aliphatic heterocycles. The van der Waals surface area contributed by atoms with Crippen LogP contribution in [0.4, 0.5) is 5.82 Å². The lowest BCUT2D eigenvalue weighted by atomic mass is 10.1. The van der Waals surface area contributed by atoms with Gasteiger partial charge in [-0.25, -0.2) is 9.97 Å². The molecule has 0 atom stereocenters. The van der Waals surface area contributed by atoms with Crippen molar-refractivity contribution >= 4 is 21.7 Å². The summed E-state index contributed by atoms with van der Waals surface area (Å²) in [6.45, 7) is 2.03. The third kappa shape index (κ3) is 2.15. The second kappa shape index (κ2) is 3.98. The molecule has 1 heterocycles. The Morgan fingerprint density at radius 2 is 2.07 bits per heavy atom. The molecule has 0 aliphatic carbocycles. The Morgan fingerprint density at radius 3 is 2.73 bits per heavy atom. The molecule has 2 rings (SSSR count). The van der Waals surface area contributed by atoms with Crippen molar-refractivity contribution in [3.05, 3.63) is 40.5 Å². The highest BCUT2D eigenvalue weighted by atomic mass is 79.9. The Hall–Kier alpha value is -1.42. The predicted molar refractivity (Wildman–Crippen MR) is 64.3 cm³/mol. The maximum atomic E-state index is 5.60. The van der Waals surface area contributed by atoms with Gasteiger partial charge in [0.1, 0.15) is 5.82 Å². The Balaban J connectivity index is 2.50. The third-order valence-electron chi connectivity index (χ3n) is 2.09.